The van der Waals surface area contributed by atoms with Gasteiger partial charge in [-0.15, -0.1) is 11.3 Å². The minimum absolute atomic E-state index is 0.105. The summed E-state index contributed by atoms with van der Waals surface area (Å²) in [5, 5.41) is 9.15. The molecule has 0 bridgehead atoms. The summed E-state index contributed by atoms with van der Waals surface area (Å²) < 4.78 is 14.6. The summed E-state index contributed by atoms with van der Waals surface area (Å²) in [4.78, 5) is 20.3. The zero-order chi connectivity index (χ0) is 19.8. The number of rotatable bonds is 4. The van der Waals surface area contributed by atoms with Crippen molar-refractivity contribution in [3.05, 3.63) is 57.0 Å². The molecule has 2 heterocycles. The minimum atomic E-state index is -1.01. The van der Waals surface area contributed by atoms with Crippen molar-refractivity contribution in [3.63, 3.8) is 0 Å². The van der Waals surface area contributed by atoms with Gasteiger partial charge in [-0.2, -0.15) is 5.26 Å². The topological polar surface area (TPSA) is 82.5 Å². The third-order valence-corrected chi connectivity index (χ3v) is 6.19. The van der Waals surface area contributed by atoms with E-state index < -0.39 is 11.5 Å². The Morgan fingerprint density at radius 2 is 2.15 bits per heavy atom. The van der Waals surface area contributed by atoms with Gasteiger partial charge in [0.1, 0.15) is 22.3 Å². The molecule has 1 aromatic heterocycles. The molecule has 0 unspecified atom stereocenters. The maximum atomic E-state index is 14.6. The molecule has 0 spiro atoms. The lowest BCUT2D eigenvalue weighted by Crippen LogP contribution is -2.52. The molecule has 1 aromatic carbocycles. The largest absolute Gasteiger partial charge is 0.369 e. The lowest BCUT2D eigenvalue weighted by Gasteiger charge is -2.40. The number of carbonyl (C=O) groups excluding carboxylic acids is 1. The van der Waals surface area contributed by atoms with Gasteiger partial charge in [0, 0.05) is 11.9 Å². The van der Waals surface area contributed by atoms with Crippen LogP contribution >= 0.6 is 11.3 Å². The number of carbonyl (C=O) groups is 1. The molecule has 5 nitrogen and oxygen atoms in total. The maximum Gasteiger partial charge on any atom is 0.239 e. The van der Waals surface area contributed by atoms with E-state index in [1.54, 1.807) is 38.2 Å². The van der Waals surface area contributed by atoms with Gasteiger partial charge in [0.2, 0.25) is 5.91 Å². The normalized spacial score (nSPS) is 22.5. The predicted octanol–water partition coefficient (Wildman–Crippen LogP) is 3.50. The second-order valence-corrected chi connectivity index (χ2v) is 7.91. The van der Waals surface area contributed by atoms with Crippen LogP contribution in [0.15, 0.2) is 35.3 Å². The highest BCUT2D eigenvalue weighted by Crippen LogP contribution is 2.46. The number of halogens is 1. The van der Waals surface area contributed by atoms with Crippen molar-refractivity contribution in [1.82, 2.24) is 4.90 Å². The SMILES string of the molecule is CCCc1ccc([C@H]2C(=O)N(C)C(N)=N[C@]2(C)c2ccc(C#N)s2)cc1F. The number of benzene rings is 1. The zero-order valence-electron chi connectivity index (χ0n) is 15.5. The van der Waals surface area contributed by atoms with Crippen LogP contribution in [-0.2, 0) is 16.8 Å². The summed E-state index contributed by atoms with van der Waals surface area (Å²) in [5.74, 6) is -1.20. The van der Waals surface area contributed by atoms with Crippen molar-refractivity contribution >= 4 is 23.2 Å². The summed E-state index contributed by atoms with van der Waals surface area (Å²) in [5.41, 5.74) is 6.15. The van der Waals surface area contributed by atoms with Gasteiger partial charge in [0.05, 0.1) is 5.92 Å². The quantitative estimate of drug-likeness (QED) is 0.876. The average Bonchev–Trinajstić information content (AvgIpc) is 3.12. The van der Waals surface area contributed by atoms with Gasteiger partial charge in [-0.05, 0) is 42.7 Å². The molecule has 7 heteroatoms. The highest BCUT2D eigenvalue weighted by Gasteiger charge is 2.48. The molecule has 2 atom stereocenters. The van der Waals surface area contributed by atoms with E-state index in [1.807, 2.05) is 6.92 Å². The van der Waals surface area contributed by atoms with E-state index in [4.69, 9.17) is 11.0 Å². The summed E-state index contributed by atoms with van der Waals surface area (Å²) in [6.45, 7) is 3.80. The van der Waals surface area contributed by atoms with Crippen LogP contribution in [-0.4, -0.2) is 23.8 Å². The molecule has 0 saturated carbocycles. The van der Waals surface area contributed by atoms with Crippen LogP contribution in [0, 0.1) is 17.1 Å². The molecule has 3 rings (SSSR count). The van der Waals surface area contributed by atoms with E-state index in [1.165, 1.54) is 22.3 Å². The van der Waals surface area contributed by atoms with Crippen molar-refractivity contribution < 1.29 is 9.18 Å². The van der Waals surface area contributed by atoms with Crippen LogP contribution in [0.1, 0.15) is 47.1 Å². The molecular weight excluding hydrogens is 363 g/mol. The van der Waals surface area contributed by atoms with E-state index in [0.29, 0.717) is 22.4 Å². The Kier molecular flexibility index (Phi) is 5.03. The highest BCUT2D eigenvalue weighted by molar-refractivity contribution is 7.12. The fourth-order valence-corrected chi connectivity index (χ4v) is 4.40. The molecule has 0 aliphatic carbocycles. The smallest absolute Gasteiger partial charge is 0.239 e. The van der Waals surface area contributed by atoms with Crippen molar-refractivity contribution in [3.8, 4) is 6.07 Å². The number of amides is 1. The number of nitrogens with zero attached hydrogens (tertiary/aromatic N) is 3. The van der Waals surface area contributed by atoms with Crippen molar-refractivity contribution in [2.24, 2.45) is 10.7 Å². The van der Waals surface area contributed by atoms with Gasteiger partial charge in [-0.3, -0.25) is 9.69 Å². The van der Waals surface area contributed by atoms with Crippen molar-refractivity contribution in [2.45, 2.75) is 38.1 Å². The molecule has 2 aromatic rings. The Balaban J connectivity index is 2.16. The summed E-state index contributed by atoms with van der Waals surface area (Å²) in [6.07, 6.45) is 1.48. The third-order valence-electron chi connectivity index (χ3n) is 4.97. The zero-order valence-corrected chi connectivity index (χ0v) is 16.3. The number of aliphatic imine (C=N–C) groups is 1. The Bertz CT molecular complexity index is 961. The number of hydrogen-bond donors (Lipinski definition) is 1. The Morgan fingerprint density at radius 1 is 1.41 bits per heavy atom. The fourth-order valence-electron chi connectivity index (χ4n) is 3.47. The predicted molar refractivity (Wildman–Crippen MR) is 104 cm³/mol. The highest BCUT2D eigenvalue weighted by atomic mass is 32.1. The van der Waals surface area contributed by atoms with E-state index in [9.17, 15) is 9.18 Å². The number of nitriles is 1. The number of aryl methyl sites for hydroxylation is 1. The number of hydrogen-bond acceptors (Lipinski definition) is 5. The van der Waals surface area contributed by atoms with Crippen LogP contribution in [0.25, 0.3) is 0 Å². The third kappa shape index (κ3) is 3.21. The number of likely N-dealkylation sites (N-methyl/N-ethyl adjacent to an activating group) is 1. The van der Waals surface area contributed by atoms with E-state index >= 15 is 0 Å². The number of nitrogens with two attached hydrogens (primary N) is 1. The number of guanidine groups is 1. The molecule has 2 N–H and O–H groups in total. The summed E-state index contributed by atoms with van der Waals surface area (Å²) in [6, 6.07) is 10.5. The lowest BCUT2D eigenvalue weighted by atomic mass is 9.77. The molecule has 140 valence electrons. The molecule has 0 fully saturated rings. The van der Waals surface area contributed by atoms with Crippen LogP contribution < -0.4 is 5.73 Å². The molecular formula is C20H21FN4OS. The number of thiophene rings is 1. The maximum absolute atomic E-state index is 14.6. The van der Waals surface area contributed by atoms with Gasteiger partial charge in [-0.1, -0.05) is 25.5 Å². The summed E-state index contributed by atoms with van der Waals surface area (Å²) >= 11 is 1.27. The molecule has 27 heavy (non-hydrogen) atoms. The van der Waals surface area contributed by atoms with Crippen molar-refractivity contribution in [1.29, 1.82) is 5.26 Å². The van der Waals surface area contributed by atoms with Crippen LogP contribution in [0.4, 0.5) is 4.39 Å². The monoisotopic (exact) mass is 384 g/mol. The molecule has 0 radical (unpaired) electrons. The van der Waals surface area contributed by atoms with Crippen LogP contribution in [0.5, 0.6) is 0 Å². The summed E-state index contributed by atoms with van der Waals surface area (Å²) in [7, 11) is 1.56. The molecule has 1 aliphatic rings. The first-order valence-electron chi connectivity index (χ1n) is 8.73. The molecule has 1 amide bonds. The van der Waals surface area contributed by atoms with Gasteiger partial charge in [0.25, 0.3) is 0 Å². The van der Waals surface area contributed by atoms with Crippen LogP contribution in [0.3, 0.4) is 0 Å². The van der Waals surface area contributed by atoms with Gasteiger partial charge in [0.15, 0.2) is 5.96 Å². The molecule has 1 aliphatic heterocycles. The molecule has 0 saturated heterocycles. The van der Waals surface area contributed by atoms with Gasteiger partial charge < -0.3 is 5.73 Å². The van der Waals surface area contributed by atoms with Gasteiger partial charge in [-0.25, -0.2) is 9.38 Å². The first-order chi connectivity index (χ1) is 12.8. The lowest BCUT2D eigenvalue weighted by molar-refractivity contribution is -0.130. The second-order valence-electron chi connectivity index (χ2n) is 6.82. The average molecular weight is 384 g/mol. The Labute approximate surface area is 161 Å². The second kappa shape index (κ2) is 7.12. The van der Waals surface area contributed by atoms with Gasteiger partial charge >= 0.3 is 0 Å². The van der Waals surface area contributed by atoms with E-state index in [0.717, 1.165) is 11.3 Å². The van der Waals surface area contributed by atoms with Crippen LogP contribution in [0.2, 0.25) is 0 Å². The van der Waals surface area contributed by atoms with Crippen molar-refractivity contribution in [2.75, 3.05) is 7.05 Å². The van der Waals surface area contributed by atoms with E-state index in [2.05, 4.69) is 11.1 Å². The minimum Gasteiger partial charge on any atom is -0.369 e. The Morgan fingerprint density at radius 3 is 2.74 bits per heavy atom. The standard InChI is InChI=1S/C20H21FN4OS/c1-4-5-12-6-7-13(10-15(12)21)17-18(26)25(3)19(23)24-20(17,2)16-9-8-14(11-22)27-16/h6-10,17H,4-5H2,1-3H3,(H2,23,24)/t17-,20+/m0/s1. The van der Waals surface area contributed by atoms with E-state index in [-0.39, 0.29) is 17.7 Å². The fraction of sp³-hybridized carbons (Fsp3) is 0.350. The first-order valence-corrected chi connectivity index (χ1v) is 9.55. The first kappa shape index (κ1) is 19.1. The Hall–Kier alpha value is -2.72.